The number of benzene rings is 2. The Morgan fingerprint density at radius 3 is 1.88 bits per heavy atom. The largest absolute Gasteiger partial charge is 0.370 e. The molecule has 0 unspecified atom stereocenters. The van der Waals surface area contributed by atoms with Gasteiger partial charge in [-0.1, -0.05) is 35.9 Å². The topological polar surface area (TPSA) is 296 Å². The molecule has 1 heterocycles. The first-order chi connectivity index (χ1) is 24.2. The molecular weight excluding hydrogens is 686 g/mol. The van der Waals surface area contributed by atoms with Crippen LogP contribution in [-0.2, 0) is 43.2 Å². The highest BCUT2D eigenvalue weighted by Crippen LogP contribution is 2.15. The van der Waals surface area contributed by atoms with Crippen molar-refractivity contribution in [3.63, 3.8) is 0 Å². The normalized spacial score (nSPS) is 13.1. The number of nitrogens with one attached hydrogen (secondary N) is 5. The number of aromatic amines is 1. The molecular formula is C32H40ClN11O7. The van der Waals surface area contributed by atoms with E-state index in [9.17, 15) is 34.1 Å². The van der Waals surface area contributed by atoms with Crippen LogP contribution in [0.25, 0.3) is 0 Å². The molecule has 272 valence electrons. The lowest BCUT2D eigenvalue weighted by atomic mass is 10.0. The molecule has 51 heavy (non-hydrogen) atoms. The minimum atomic E-state index is -1.26. The molecule has 0 saturated carbocycles. The molecule has 0 aliphatic rings. The lowest BCUT2D eigenvalue weighted by molar-refractivity contribution is -0.384. The SMILES string of the molecule is CC(=O)N[C@@H](Cc1cnc[nH]1)C(=O)N[C@H](Cc1ccc(Cl)cc1)C(=O)N[C@@H](CCCN=C(N)N)C(=O)N[C@H](Cc1ccc([N+](=O)[O-])cc1)C(N)=O. The zero-order chi connectivity index (χ0) is 37.5. The summed E-state index contributed by atoms with van der Waals surface area (Å²) in [5.41, 5.74) is 17.9. The molecule has 0 saturated heterocycles. The molecule has 4 atom stereocenters. The van der Waals surface area contributed by atoms with Crippen molar-refractivity contribution >= 4 is 52.8 Å². The number of aromatic nitrogens is 2. The van der Waals surface area contributed by atoms with Crippen LogP contribution in [0.4, 0.5) is 5.69 Å². The Morgan fingerprint density at radius 1 is 0.824 bits per heavy atom. The van der Waals surface area contributed by atoms with Crippen molar-refractivity contribution < 1.29 is 28.9 Å². The highest BCUT2D eigenvalue weighted by atomic mass is 35.5. The number of nitro benzene ring substituents is 1. The summed E-state index contributed by atoms with van der Waals surface area (Å²) >= 11 is 6.04. The van der Waals surface area contributed by atoms with Gasteiger partial charge in [-0.3, -0.25) is 39.1 Å². The molecule has 3 aromatic rings. The van der Waals surface area contributed by atoms with Crippen molar-refractivity contribution in [3.8, 4) is 0 Å². The lowest BCUT2D eigenvalue weighted by Gasteiger charge is -2.26. The summed E-state index contributed by atoms with van der Waals surface area (Å²) in [5.74, 6) is -3.75. The van der Waals surface area contributed by atoms with Crippen LogP contribution in [0.5, 0.6) is 0 Å². The van der Waals surface area contributed by atoms with E-state index in [-0.39, 0.29) is 50.3 Å². The van der Waals surface area contributed by atoms with E-state index in [1.165, 1.54) is 43.7 Å². The van der Waals surface area contributed by atoms with Gasteiger partial charge in [-0.2, -0.15) is 0 Å². The standard InChI is InChI=1S/C32H40ClN11O7/c1-18(45)40-27(15-22-16-37-17-39-22)31(49)43-26(14-19-4-8-21(33)9-5-19)30(48)41-24(3-2-12-38-32(35)36)29(47)42-25(28(34)46)13-20-6-10-23(11-7-20)44(50)51/h4-11,16-17,24-27H,2-3,12-15H2,1H3,(H2,34,46)(H,37,39)(H,40,45)(H,41,48)(H,42,47)(H,43,49)(H4,35,36,38)/t24-,25+,26+,27-/m0/s1. The van der Waals surface area contributed by atoms with Crippen LogP contribution >= 0.6 is 11.6 Å². The number of aliphatic imine (C=N–C) groups is 1. The number of imidazole rings is 1. The fraction of sp³-hybridized carbons (Fsp3) is 0.344. The first-order valence-corrected chi connectivity index (χ1v) is 16.1. The number of guanidine groups is 1. The molecule has 0 aliphatic carbocycles. The molecule has 5 amide bonds. The maximum absolute atomic E-state index is 13.9. The number of hydrogen-bond acceptors (Lipinski definition) is 9. The van der Waals surface area contributed by atoms with Gasteiger partial charge in [-0.05, 0) is 36.1 Å². The number of rotatable bonds is 19. The van der Waals surface area contributed by atoms with Crippen LogP contribution in [0, 0.1) is 10.1 Å². The number of carbonyl (C=O) groups excluding carboxylic acids is 5. The smallest absolute Gasteiger partial charge is 0.269 e. The number of primary amides is 1. The van der Waals surface area contributed by atoms with E-state index in [4.69, 9.17) is 28.8 Å². The minimum absolute atomic E-state index is 0.00726. The number of halogens is 1. The van der Waals surface area contributed by atoms with Gasteiger partial charge in [-0.25, -0.2) is 4.98 Å². The summed E-state index contributed by atoms with van der Waals surface area (Å²) in [6.07, 6.45) is 3.06. The van der Waals surface area contributed by atoms with E-state index >= 15 is 0 Å². The van der Waals surface area contributed by atoms with Gasteiger partial charge in [0.15, 0.2) is 5.96 Å². The van der Waals surface area contributed by atoms with Gasteiger partial charge >= 0.3 is 0 Å². The summed E-state index contributed by atoms with van der Waals surface area (Å²) in [6.45, 7) is 1.36. The molecule has 18 nitrogen and oxygen atoms in total. The van der Waals surface area contributed by atoms with E-state index in [1.807, 2.05) is 0 Å². The van der Waals surface area contributed by atoms with Crippen molar-refractivity contribution in [3.05, 3.63) is 93.0 Å². The first-order valence-electron chi connectivity index (χ1n) is 15.7. The Hall–Kier alpha value is -6.04. The van der Waals surface area contributed by atoms with Crippen LogP contribution in [0.3, 0.4) is 0 Å². The molecule has 0 fully saturated rings. The van der Waals surface area contributed by atoms with Gasteiger partial charge < -0.3 is 43.5 Å². The van der Waals surface area contributed by atoms with Crippen molar-refractivity contribution in [2.24, 2.45) is 22.2 Å². The predicted octanol–water partition coefficient (Wildman–Crippen LogP) is -0.503. The van der Waals surface area contributed by atoms with E-state index in [0.717, 1.165) is 0 Å². The van der Waals surface area contributed by atoms with Crippen molar-refractivity contribution in [1.82, 2.24) is 31.2 Å². The quantitative estimate of drug-likeness (QED) is 0.0258. The maximum Gasteiger partial charge on any atom is 0.269 e. The number of amides is 5. The fourth-order valence-corrected chi connectivity index (χ4v) is 5.06. The minimum Gasteiger partial charge on any atom is -0.370 e. The average Bonchev–Trinajstić information content (AvgIpc) is 3.59. The number of H-pyrrole nitrogens is 1. The van der Waals surface area contributed by atoms with Crippen LogP contribution in [0.15, 0.2) is 66.0 Å². The second-order valence-electron chi connectivity index (χ2n) is 11.5. The number of hydrogen-bond donors (Lipinski definition) is 8. The monoisotopic (exact) mass is 725 g/mol. The molecule has 19 heteroatoms. The summed E-state index contributed by atoms with van der Waals surface area (Å²) in [5, 5.41) is 22.0. The van der Waals surface area contributed by atoms with Gasteiger partial charge in [-0.15, -0.1) is 0 Å². The summed E-state index contributed by atoms with van der Waals surface area (Å²) in [7, 11) is 0. The third-order valence-corrected chi connectivity index (χ3v) is 7.74. The number of nitro groups is 1. The highest BCUT2D eigenvalue weighted by molar-refractivity contribution is 6.30. The van der Waals surface area contributed by atoms with E-state index in [2.05, 4.69) is 36.2 Å². The van der Waals surface area contributed by atoms with Crippen LogP contribution in [0.1, 0.15) is 36.6 Å². The molecule has 1 aromatic heterocycles. The Balaban J connectivity index is 1.86. The number of nitrogens with two attached hydrogens (primary N) is 3. The van der Waals surface area contributed by atoms with Gasteiger partial charge in [0.2, 0.25) is 29.5 Å². The van der Waals surface area contributed by atoms with Gasteiger partial charge in [0.1, 0.15) is 24.2 Å². The summed E-state index contributed by atoms with van der Waals surface area (Å²) < 4.78 is 0. The van der Waals surface area contributed by atoms with E-state index < -0.39 is 58.6 Å². The number of carbonyl (C=O) groups is 5. The zero-order valence-electron chi connectivity index (χ0n) is 27.6. The van der Waals surface area contributed by atoms with E-state index in [0.29, 0.717) is 21.8 Å². The zero-order valence-corrected chi connectivity index (χ0v) is 28.4. The van der Waals surface area contributed by atoms with Gasteiger partial charge in [0, 0.05) is 61.8 Å². The Bertz CT molecular complexity index is 1700. The second kappa shape index (κ2) is 19.2. The fourth-order valence-electron chi connectivity index (χ4n) is 4.94. The maximum atomic E-state index is 13.9. The second-order valence-corrected chi connectivity index (χ2v) is 12.0. The number of nitrogens with zero attached hydrogens (tertiary/aromatic N) is 3. The Kier molecular flexibility index (Phi) is 14.9. The molecule has 2 aromatic carbocycles. The first kappa shape index (κ1) is 39.4. The molecule has 0 radical (unpaired) electrons. The predicted molar refractivity (Wildman–Crippen MR) is 187 cm³/mol. The van der Waals surface area contributed by atoms with Crippen molar-refractivity contribution in [2.45, 2.75) is 63.2 Å². The summed E-state index contributed by atoms with van der Waals surface area (Å²) in [6, 6.07) is 7.08. The summed E-state index contributed by atoms with van der Waals surface area (Å²) in [4.78, 5) is 86.6. The van der Waals surface area contributed by atoms with Crippen LogP contribution < -0.4 is 38.5 Å². The lowest BCUT2D eigenvalue weighted by Crippen LogP contribution is -2.59. The molecule has 0 bridgehead atoms. The molecule has 0 spiro atoms. The average molecular weight is 726 g/mol. The van der Waals surface area contributed by atoms with E-state index in [1.54, 1.807) is 24.3 Å². The third-order valence-electron chi connectivity index (χ3n) is 7.48. The molecule has 3 rings (SSSR count). The Morgan fingerprint density at radius 2 is 1.35 bits per heavy atom. The van der Waals surface area contributed by atoms with Gasteiger partial charge in [0.25, 0.3) is 5.69 Å². The third kappa shape index (κ3) is 13.4. The van der Waals surface area contributed by atoms with Crippen LogP contribution in [-0.4, -0.2) is 81.1 Å². The number of non-ortho nitro benzene ring substituents is 1. The molecule has 0 aliphatic heterocycles. The van der Waals surface area contributed by atoms with Crippen molar-refractivity contribution in [1.29, 1.82) is 0 Å². The van der Waals surface area contributed by atoms with Crippen LogP contribution in [0.2, 0.25) is 5.02 Å². The Labute approximate surface area is 297 Å². The molecule has 11 N–H and O–H groups in total. The van der Waals surface area contributed by atoms with Crippen molar-refractivity contribution in [2.75, 3.05) is 6.54 Å². The highest BCUT2D eigenvalue weighted by Gasteiger charge is 2.31. The van der Waals surface area contributed by atoms with Gasteiger partial charge in [0.05, 0.1) is 11.3 Å².